The van der Waals surface area contributed by atoms with Gasteiger partial charge in [-0.25, -0.2) is 4.79 Å². The zero-order valence-corrected chi connectivity index (χ0v) is 16.2. The van der Waals surface area contributed by atoms with Crippen LogP contribution in [-0.4, -0.2) is 66.2 Å². The zero-order chi connectivity index (χ0) is 19.4. The largest absolute Gasteiger partial charge is 0.383 e. The van der Waals surface area contributed by atoms with Crippen molar-refractivity contribution in [1.82, 2.24) is 19.7 Å². The second kappa shape index (κ2) is 12.1. The second-order valence-electron chi connectivity index (χ2n) is 6.17. The number of methoxy groups -OCH3 is 1. The highest BCUT2D eigenvalue weighted by Crippen LogP contribution is 2.07. The summed E-state index contributed by atoms with van der Waals surface area (Å²) >= 11 is 0. The molecule has 1 heterocycles. The van der Waals surface area contributed by atoms with Gasteiger partial charge in [0, 0.05) is 45.7 Å². The molecular weight excluding hydrogens is 332 g/mol. The van der Waals surface area contributed by atoms with Crippen LogP contribution in [0.1, 0.15) is 25.5 Å². The number of aromatic nitrogens is 1. The number of urea groups is 1. The number of amides is 3. The van der Waals surface area contributed by atoms with E-state index in [0.717, 1.165) is 18.5 Å². The van der Waals surface area contributed by atoms with Crippen molar-refractivity contribution in [3.8, 4) is 0 Å². The van der Waals surface area contributed by atoms with Gasteiger partial charge in [0.2, 0.25) is 5.91 Å². The number of rotatable bonds is 12. The van der Waals surface area contributed by atoms with Crippen molar-refractivity contribution in [3.63, 3.8) is 0 Å². The summed E-state index contributed by atoms with van der Waals surface area (Å²) in [5.74, 6) is -0.115. The van der Waals surface area contributed by atoms with Crippen molar-refractivity contribution in [2.45, 2.75) is 26.3 Å². The Morgan fingerprint density at radius 2 is 2.15 bits per heavy atom. The maximum Gasteiger partial charge on any atom is 0.318 e. The van der Waals surface area contributed by atoms with Crippen LogP contribution in [0.25, 0.3) is 0 Å². The Kier molecular flexibility index (Phi) is 10.2. The molecule has 3 amide bonds. The van der Waals surface area contributed by atoms with Crippen molar-refractivity contribution in [2.75, 3.05) is 39.9 Å². The molecule has 1 N–H and O–H groups in total. The predicted molar refractivity (Wildman–Crippen MR) is 103 cm³/mol. The normalized spacial score (nSPS) is 10.4. The first-order valence-corrected chi connectivity index (χ1v) is 9.04. The van der Waals surface area contributed by atoms with Gasteiger partial charge in [-0.05, 0) is 18.6 Å². The molecule has 0 spiro atoms. The van der Waals surface area contributed by atoms with Gasteiger partial charge in [0.15, 0.2) is 0 Å². The van der Waals surface area contributed by atoms with Crippen LogP contribution in [0.3, 0.4) is 0 Å². The van der Waals surface area contributed by atoms with E-state index < -0.39 is 0 Å². The van der Waals surface area contributed by atoms with Crippen molar-refractivity contribution < 1.29 is 14.3 Å². The number of unbranched alkanes of at least 4 members (excludes halogenated alkanes) is 1. The van der Waals surface area contributed by atoms with Crippen molar-refractivity contribution in [2.24, 2.45) is 7.05 Å². The van der Waals surface area contributed by atoms with E-state index in [1.165, 1.54) is 4.90 Å². The molecule has 1 rings (SSSR count). The quantitative estimate of drug-likeness (QED) is 0.456. The number of nitrogens with zero attached hydrogens (tertiary/aromatic N) is 3. The first-order chi connectivity index (χ1) is 12.5. The SMILES string of the molecule is C=CCN(CC(=O)N(CCOC)Cc1cccn1C)C(=O)NCCCC. The molecule has 146 valence electrons. The van der Waals surface area contributed by atoms with E-state index in [1.54, 1.807) is 18.1 Å². The van der Waals surface area contributed by atoms with Crippen LogP contribution < -0.4 is 5.32 Å². The molecule has 0 fully saturated rings. The summed E-state index contributed by atoms with van der Waals surface area (Å²) in [5, 5.41) is 2.85. The average molecular weight is 364 g/mol. The Morgan fingerprint density at radius 1 is 1.38 bits per heavy atom. The summed E-state index contributed by atoms with van der Waals surface area (Å²) in [7, 11) is 3.55. The minimum atomic E-state index is -0.239. The third-order valence-electron chi connectivity index (χ3n) is 4.09. The zero-order valence-electron chi connectivity index (χ0n) is 16.2. The molecule has 0 unspecified atom stereocenters. The van der Waals surface area contributed by atoms with E-state index in [0.29, 0.717) is 32.8 Å². The Hall–Kier alpha value is -2.28. The molecule has 7 heteroatoms. The maximum atomic E-state index is 12.8. The Morgan fingerprint density at radius 3 is 2.73 bits per heavy atom. The van der Waals surface area contributed by atoms with E-state index in [9.17, 15) is 9.59 Å². The average Bonchev–Trinajstić information content (AvgIpc) is 3.02. The van der Waals surface area contributed by atoms with Gasteiger partial charge in [-0.2, -0.15) is 0 Å². The van der Waals surface area contributed by atoms with E-state index in [1.807, 2.05) is 29.9 Å². The van der Waals surface area contributed by atoms with Crippen LogP contribution in [0.2, 0.25) is 0 Å². The van der Waals surface area contributed by atoms with Gasteiger partial charge >= 0.3 is 6.03 Å². The third kappa shape index (κ3) is 7.31. The molecular formula is C19H32N4O3. The minimum Gasteiger partial charge on any atom is -0.383 e. The topological polar surface area (TPSA) is 66.8 Å². The highest BCUT2D eigenvalue weighted by atomic mass is 16.5. The third-order valence-corrected chi connectivity index (χ3v) is 4.09. The number of ether oxygens (including phenoxy) is 1. The molecule has 0 saturated heterocycles. The lowest BCUT2D eigenvalue weighted by Gasteiger charge is -2.27. The lowest BCUT2D eigenvalue weighted by Crippen LogP contribution is -2.47. The summed E-state index contributed by atoms with van der Waals surface area (Å²) in [5.41, 5.74) is 1.03. The molecule has 0 saturated carbocycles. The molecule has 0 aliphatic rings. The fourth-order valence-electron chi connectivity index (χ4n) is 2.47. The van der Waals surface area contributed by atoms with E-state index in [2.05, 4.69) is 18.8 Å². The van der Waals surface area contributed by atoms with Gasteiger partial charge in [-0.1, -0.05) is 19.4 Å². The molecule has 7 nitrogen and oxygen atoms in total. The van der Waals surface area contributed by atoms with E-state index in [-0.39, 0.29) is 18.5 Å². The summed E-state index contributed by atoms with van der Waals surface area (Å²) in [4.78, 5) is 28.3. The first-order valence-electron chi connectivity index (χ1n) is 9.04. The van der Waals surface area contributed by atoms with Gasteiger partial charge in [0.05, 0.1) is 13.2 Å². The molecule has 26 heavy (non-hydrogen) atoms. The summed E-state index contributed by atoms with van der Waals surface area (Å²) < 4.78 is 7.11. The minimum absolute atomic E-state index is 0.0120. The summed E-state index contributed by atoms with van der Waals surface area (Å²) in [6, 6.07) is 3.68. The summed E-state index contributed by atoms with van der Waals surface area (Å²) in [6.07, 6.45) is 5.49. The number of hydrogen-bond acceptors (Lipinski definition) is 3. The van der Waals surface area contributed by atoms with Crippen LogP contribution in [-0.2, 0) is 23.1 Å². The van der Waals surface area contributed by atoms with Crippen LogP contribution in [0.15, 0.2) is 31.0 Å². The van der Waals surface area contributed by atoms with Crippen LogP contribution >= 0.6 is 0 Å². The molecule has 0 atom stereocenters. The van der Waals surface area contributed by atoms with E-state index in [4.69, 9.17) is 4.74 Å². The monoisotopic (exact) mass is 364 g/mol. The first kappa shape index (κ1) is 21.8. The molecule has 0 aromatic carbocycles. The second-order valence-corrected chi connectivity index (χ2v) is 6.17. The van der Waals surface area contributed by atoms with Gasteiger partial charge in [0.1, 0.15) is 6.54 Å². The number of hydrogen-bond donors (Lipinski definition) is 1. The van der Waals surface area contributed by atoms with Crippen molar-refractivity contribution >= 4 is 11.9 Å². The van der Waals surface area contributed by atoms with Gasteiger partial charge in [-0.15, -0.1) is 6.58 Å². The lowest BCUT2D eigenvalue weighted by atomic mass is 10.3. The molecule has 1 aromatic heterocycles. The molecule has 1 aromatic rings. The van der Waals surface area contributed by atoms with E-state index >= 15 is 0 Å². The fraction of sp³-hybridized carbons (Fsp3) is 0.579. The van der Waals surface area contributed by atoms with Gasteiger partial charge < -0.3 is 24.4 Å². The molecule has 0 radical (unpaired) electrons. The number of aryl methyl sites for hydroxylation is 1. The predicted octanol–water partition coefficient (Wildman–Crippen LogP) is 2.00. The Balaban J connectivity index is 2.74. The highest BCUT2D eigenvalue weighted by Gasteiger charge is 2.21. The molecule has 0 aliphatic carbocycles. The Labute approximate surface area is 156 Å². The summed E-state index contributed by atoms with van der Waals surface area (Å²) in [6.45, 7) is 8.08. The molecule has 0 bridgehead atoms. The number of carbonyl (C=O) groups excluding carboxylic acids is 2. The maximum absolute atomic E-state index is 12.8. The standard InChI is InChI=1S/C19H32N4O3/c1-5-7-10-20-19(25)23(11-6-2)16-18(24)22(13-14-26-4)15-17-9-8-12-21(17)3/h6,8-9,12H,2,5,7,10-11,13-16H2,1,3-4H3,(H,20,25). The number of carbonyl (C=O) groups is 2. The smallest absolute Gasteiger partial charge is 0.318 e. The van der Waals surface area contributed by atoms with Crippen molar-refractivity contribution in [1.29, 1.82) is 0 Å². The van der Waals surface area contributed by atoms with Crippen LogP contribution in [0, 0.1) is 0 Å². The van der Waals surface area contributed by atoms with Crippen LogP contribution in [0.4, 0.5) is 4.79 Å². The lowest BCUT2D eigenvalue weighted by molar-refractivity contribution is -0.133. The number of nitrogens with one attached hydrogen (secondary N) is 1. The fourth-order valence-corrected chi connectivity index (χ4v) is 2.47. The van der Waals surface area contributed by atoms with Crippen molar-refractivity contribution in [3.05, 3.63) is 36.7 Å². The highest BCUT2D eigenvalue weighted by molar-refractivity contribution is 5.84. The Bertz CT molecular complexity index is 571. The van der Waals surface area contributed by atoms with Gasteiger partial charge in [-0.3, -0.25) is 4.79 Å². The van der Waals surface area contributed by atoms with Gasteiger partial charge in [0.25, 0.3) is 0 Å². The molecule has 0 aliphatic heterocycles. The van der Waals surface area contributed by atoms with Crippen LogP contribution in [0.5, 0.6) is 0 Å².